The molecule has 8 nitrogen and oxygen atoms in total. The molecule has 2 aromatic rings. The van der Waals surface area contributed by atoms with Gasteiger partial charge in [-0.1, -0.05) is 18.2 Å². The highest BCUT2D eigenvalue weighted by Crippen LogP contribution is 2.24. The van der Waals surface area contributed by atoms with Gasteiger partial charge in [-0.2, -0.15) is 0 Å². The molecule has 2 aromatic carbocycles. The van der Waals surface area contributed by atoms with E-state index < -0.39 is 23.4 Å². The molecule has 0 saturated heterocycles. The van der Waals surface area contributed by atoms with Crippen LogP contribution >= 0.6 is 0 Å². The van der Waals surface area contributed by atoms with Crippen LogP contribution in [0.1, 0.15) is 10.4 Å². The maximum Gasteiger partial charge on any atom is 0.342 e. The van der Waals surface area contributed by atoms with Crippen LogP contribution in [0.15, 0.2) is 48.5 Å². The minimum absolute atomic E-state index is 0.119. The normalized spacial score (nSPS) is 10.0. The highest BCUT2D eigenvalue weighted by molar-refractivity contribution is 5.98. The average Bonchev–Trinajstić information content (AvgIpc) is 2.65. The van der Waals surface area contributed by atoms with E-state index in [1.165, 1.54) is 24.1 Å². The van der Waals surface area contributed by atoms with Gasteiger partial charge in [0.05, 0.1) is 12.0 Å². The van der Waals surface area contributed by atoms with E-state index in [4.69, 9.17) is 9.47 Å². The van der Waals surface area contributed by atoms with E-state index in [9.17, 15) is 19.7 Å². The van der Waals surface area contributed by atoms with Gasteiger partial charge in [-0.25, -0.2) is 4.79 Å². The number of nitro benzene ring substituents is 1. The number of para-hydroxylation sites is 1. The largest absolute Gasteiger partial charge is 0.496 e. The molecule has 2 rings (SSSR count). The Hall–Kier alpha value is -3.42. The number of nitrogens with zero attached hydrogens (tertiary/aromatic N) is 2. The van der Waals surface area contributed by atoms with Crippen molar-refractivity contribution < 1.29 is 24.0 Å². The third kappa shape index (κ3) is 4.31. The third-order valence-corrected chi connectivity index (χ3v) is 3.46. The Kier molecular flexibility index (Phi) is 5.67. The van der Waals surface area contributed by atoms with Gasteiger partial charge in [0, 0.05) is 24.9 Å². The number of benzene rings is 2. The Morgan fingerprint density at radius 1 is 1.16 bits per heavy atom. The zero-order chi connectivity index (χ0) is 18.4. The molecule has 130 valence electrons. The first-order valence-electron chi connectivity index (χ1n) is 7.25. The molecule has 8 heteroatoms. The average molecular weight is 344 g/mol. The fraction of sp³-hybridized carbons (Fsp3) is 0.176. The van der Waals surface area contributed by atoms with E-state index in [1.54, 1.807) is 31.3 Å². The van der Waals surface area contributed by atoms with Gasteiger partial charge in [0.2, 0.25) is 0 Å². The lowest BCUT2D eigenvalue weighted by Gasteiger charge is -2.17. The second-order valence-electron chi connectivity index (χ2n) is 5.01. The molecular formula is C17H16N2O6. The van der Waals surface area contributed by atoms with Crippen molar-refractivity contribution >= 4 is 23.3 Å². The molecule has 0 atom stereocenters. The Morgan fingerprint density at radius 2 is 1.84 bits per heavy atom. The van der Waals surface area contributed by atoms with Gasteiger partial charge in [0.25, 0.3) is 11.6 Å². The number of hydrogen-bond acceptors (Lipinski definition) is 6. The summed E-state index contributed by atoms with van der Waals surface area (Å²) in [5.41, 5.74) is 0.254. The van der Waals surface area contributed by atoms with Crippen LogP contribution in [0, 0.1) is 10.1 Å². The van der Waals surface area contributed by atoms with Gasteiger partial charge in [-0.15, -0.1) is 0 Å². The number of hydrogen-bond donors (Lipinski definition) is 0. The summed E-state index contributed by atoms with van der Waals surface area (Å²) in [5.74, 6) is -1.20. The number of methoxy groups -OCH3 is 1. The van der Waals surface area contributed by atoms with Crippen molar-refractivity contribution in [3.63, 3.8) is 0 Å². The first-order valence-corrected chi connectivity index (χ1v) is 7.25. The van der Waals surface area contributed by atoms with Crippen LogP contribution in [0.3, 0.4) is 0 Å². The number of rotatable bonds is 6. The molecule has 0 aromatic heterocycles. The van der Waals surface area contributed by atoms with Gasteiger partial charge in [-0.05, 0) is 18.2 Å². The zero-order valence-electron chi connectivity index (χ0n) is 13.7. The summed E-state index contributed by atoms with van der Waals surface area (Å²) in [6, 6.07) is 12.4. The summed E-state index contributed by atoms with van der Waals surface area (Å²) in [4.78, 5) is 35.8. The van der Waals surface area contributed by atoms with E-state index in [2.05, 4.69) is 0 Å². The molecule has 0 heterocycles. The lowest BCUT2D eigenvalue weighted by molar-refractivity contribution is -0.384. The molecular weight excluding hydrogens is 328 g/mol. The van der Waals surface area contributed by atoms with Crippen LogP contribution in [-0.2, 0) is 9.53 Å². The topological polar surface area (TPSA) is 99.0 Å². The van der Waals surface area contributed by atoms with Crippen LogP contribution in [0.4, 0.5) is 11.4 Å². The predicted octanol–water partition coefficient (Wildman–Crippen LogP) is 2.42. The maximum absolute atomic E-state index is 12.2. The Labute approximate surface area is 143 Å². The van der Waals surface area contributed by atoms with E-state index in [0.29, 0.717) is 5.69 Å². The fourth-order valence-corrected chi connectivity index (χ4v) is 2.07. The van der Waals surface area contributed by atoms with Crippen LogP contribution in [0.5, 0.6) is 5.75 Å². The van der Waals surface area contributed by atoms with Crippen LogP contribution in [-0.4, -0.2) is 37.6 Å². The quantitative estimate of drug-likeness (QED) is 0.453. The van der Waals surface area contributed by atoms with Crippen molar-refractivity contribution in [2.75, 3.05) is 25.7 Å². The summed E-state index contributed by atoms with van der Waals surface area (Å²) in [6.45, 7) is -0.504. The minimum atomic E-state index is -0.879. The summed E-state index contributed by atoms with van der Waals surface area (Å²) in [6.07, 6.45) is 0. The van der Waals surface area contributed by atoms with Crippen molar-refractivity contribution in [3.8, 4) is 5.75 Å². The molecule has 1 amide bonds. The molecule has 0 radical (unpaired) electrons. The van der Waals surface area contributed by atoms with Gasteiger partial charge < -0.3 is 14.4 Å². The number of anilines is 1. The number of amides is 1. The fourth-order valence-electron chi connectivity index (χ4n) is 2.07. The zero-order valence-corrected chi connectivity index (χ0v) is 13.7. The van der Waals surface area contributed by atoms with Crippen molar-refractivity contribution in [1.82, 2.24) is 0 Å². The number of carbonyl (C=O) groups excluding carboxylic acids is 2. The predicted molar refractivity (Wildman–Crippen MR) is 89.8 cm³/mol. The monoisotopic (exact) mass is 344 g/mol. The highest BCUT2D eigenvalue weighted by Gasteiger charge is 2.20. The van der Waals surface area contributed by atoms with Gasteiger partial charge in [0.15, 0.2) is 6.61 Å². The van der Waals surface area contributed by atoms with Gasteiger partial charge in [0.1, 0.15) is 11.3 Å². The summed E-state index contributed by atoms with van der Waals surface area (Å²) in [7, 11) is 2.88. The highest BCUT2D eigenvalue weighted by atomic mass is 16.6. The van der Waals surface area contributed by atoms with E-state index in [1.807, 2.05) is 6.07 Å². The summed E-state index contributed by atoms with van der Waals surface area (Å²) in [5, 5.41) is 10.8. The first kappa shape index (κ1) is 17.9. The molecule has 25 heavy (non-hydrogen) atoms. The van der Waals surface area contributed by atoms with Crippen LogP contribution in [0.25, 0.3) is 0 Å². The van der Waals surface area contributed by atoms with Crippen LogP contribution < -0.4 is 9.64 Å². The number of likely N-dealkylation sites (N-methyl/N-ethyl adjacent to an activating group) is 1. The molecule has 0 unspecified atom stereocenters. The number of carbonyl (C=O) groups is 2. The van der Waals surface area contributed by atoms with Gasteiger partial charge >= 0.3 is 5.97 Å². The van der Waals surface area contributed by atoms with Crippen molar-refractivity contribution in [1.29, 1.82) is 0 Å². The lowest BCUT2D eigenvalue weighted by atomic mass is 10.2. The summed E-state index contributed by atoms with van der Waals surface area (Å²) < 4.78 is 9.98. The van der Waals surface area contributed by atoms with Crippen LogP contribution in [0.2, 0.25) is 0 Å². The third-order valence-electron chi connectivity index (χ3n) is 3.46. The molecule has 0 fully saturated rings. The number of ether oxygens (including phenoxy) is 2. The first-order chi connectivity index (χ1) is 11.9. The van der Waals surface area contributed by atoms with E-state index in [0.717, 1.165) is 6.07 Å². The maximum atomic E-state index is 12.2. The van der Waals surface area contributed by atoms with E-state index in [-0.39, 0.29) is 17.0 Å². The SMILES string of the molecule is COc1ccc([N+](=O)[O-])cc1C(=O)OCC(=O)N(C)c1ccccc1. The Bertz CT molecular complexity index is 791. The molecule has 0 aliphatic carbocycles. The molecule has 0 N–H and O–H groups in total. The van der Waals surface area contributed by atoms with Crippen molar-refractivity contribution in [2.24, 2.45) is 0 Å². The number of esters is 1. The lowest BCUT2D eigenvalue weighted by Crippen LogP contribution is -2.31. The second-order valence-corrected chi connectivity index (χ2v) is 5.01. The van der Waals surface area contributed by atoms with Gasteiger partial charge in [-0.3, -0.25) is 14.9 Å². The molecule has 0 saturated carbocycles. The minimum Gasteiger partial charge on any atom is -0.496 e. The number of non-ortho nitro benzene ring substituents is 1. The Morgan fingerprint density at radius 3 is 2.44 bits per heavy atom. The molecule has 0 bridgehead atoms. The molecule has 0 spiro atoms. The molecule has 0 aliphatic heterocycles. The second kappa shape index (κ2) is 7.91. The van der Waals surface area contributed by atoms with Crippen molar-refractivity contribution in [2.45, 2.75) is 0 Å². The summed E-state index contributed by atoms with van der Waals surface area (Å²) >= 11 is 0. The van der Waals surface area contributed by atoms with Crippen molar-refractivity contribution in [3.05, 3.63) is 64.2 Å². The standard InChI is InChI=1S/C17H16N2O6/c1-18(12-6-4-3-5-7-12)16(20)11-25-17(21)14-10-13(19(22)23)8-9-15(14)24-2/h3-10H,11H2,1-2H3. The van der Waals surface area contributed by atoms with E-state index >= 15 is 0 Å². The number of nitro groups is 1. The Balaban J connectivity index is 2.08. The smallest absolute Gasteiger partial charge is 0.342 e. The molecule has 0 aliphatic rings.